The fourth-order valence-electron chi connectivity index (χ4n) is 1.24. The fourth-order valence-corrected chi connectivity index (χ4v) is 1.24. The van der Waals surface area contributed by atoms with Crippen molar-refractivity contribution in [3.8, 4) is 0 Å². The zero-order chi connectivity index (χ0) is 8.65. The second-order valence-corrected chi connectivity index (χ2v) is 3.32. The molecular weight excluding hydrogens is 140 g/mol. The number of hydrogen-bond acceptors (Lipinski definition) is 2. The van der Waals surface area contributed by atoms with Crippen LogP contribution >= 0.6 is 0 Å². The quantitative estimate of drug-likeness (QED) is 0.529. The minimum absolute atomic E-state index is 0.0230. The molecule has 1 heterocycles. The van der Waals surface area contributed by atoms with E-state index in [9.17, 15) is 4.79 Å². The molecule has 0 saturated carbocycles. The Morgan fingerprint density at radius 3 is 2.55 bits per heavy atom. The van der Waals surface area contributed by atoms with Crippen molar-refractivity contribution in [2.45, 2.75) is 31.8 Å². The van der Waals surface area contributed by atoms with E-state index in [4.69, 9.17) is 5.73 Å². The molecule has 62 valence electrons. The Hall–Kier alpha value is -0.830. The topological polar surface area (TPSA) is 55.1 Å². The minimum atomic E-state index is -0.392. The molecule has 3 heteroatoms. The molecular formula is C8H14N2O. The molecule has 1 aliphatic rings. The van der Waals surface area contributed by atoms with Gasteiger partial charge in [0.2, 0.25) is 5.91 Å². The summed E-state index contributed by atoms with van der Waals surface area (Å²) in [6, 6.07) is -0.0820. The van der Waals surface area contributed by atoms with Crippen molar-refractivity contribution in [3.05, 3.63) is 12.2 Å². The summed E-state index contributed by atoms with van der Waals surface area (Å²) in [7, 11) is 0. The van der Waals surface area contributed by atoms with E-state index in [0.29, 0.717) is 6.42 Å². The molecule has 3 N–H and O–H groups in total. The number of amides is 1. The van der Waals surface area contributed by atoms with Crippen LogP contribution < -0.4 is 11.1 Å². The molecule has 0 aromatic carbocycles. The van der Waals surface area contributed by atoms with Crippen molar-refractivity contribution in [3.63, 3.8) is 0 Å². The standard InChI is InChI=1S/C8H14N2O/c1-5-4-7(11)10-8(5,3)6(2)9/h6H,1,4,9H2,2-3H3,(H,10,11)/t6-,8?/m0/s1. The number of carbonyl (C=O) groups excluding carboxylic acids is 1. The van der Waals surface area contributed by atoms with Gasteiger partial charge in [-0.05, 0) is 19.4 Å². The van der Waals surface area contributed by atoms with Crippen molar-refractivity contribution in [2.75, 3.05) is 0 Å². The van der Waals surface area contributed by atoms with Gasteiger partial charge in [0, 0.05) is 12.5 Å². The van der Waals surface area contributed by atoms with Gasteiger partial charge in [-0.2, -0.15) is 0 Å². The lowest BCUT2D eigenvalue weighted by atomic mass is 9.88. The SMILES string of the molecule is C=C1CC(=O)NC1(C)[C@H](C)N. The summed E-state index contributed by atoms with van der Waals surface area (Å²) in [6.07, 6.45) is 0.415. The highest BCUT2D eigenvalue weighted by molar-refractivity contribution is 5.84. The molecule has 0 bridgehead atoms. The second-order valence-electron chi connectivity index (χ2n) is 3.32. The predicted octanol–water partition coefficient (Wildman–Crippen LogP) is 0.168. The third-order valence-corrected chi connectivity index (χ3v) is 2.42. The van der Waals surface area contributed by atoms with E-state index in [1.165, 1.54) is 0 Å². The number of hydrogen-bond donors (Lipinski definition) is 2. The van der Waals surface area contributed by atoms with Crippen molar-refractivity contribution in [1.82, 2.24) is 5.32 Å². The second kappa shape index (κ2) is 2.34. The van der Waals surface area contributed by atoms with Gasteiger partial charge >= 0.3 is 0 Å². The number of carbonyl (C=O) groups is 1. The molecule has 1 saturated heterocycles. The minimum Gasteiger partial charge on any atom is -0.345 e. The molecule has 0 aliphatic carbocycles. The molecule has 3 nitrogen and oxygen atoms in total. The summed E-state index contributed by atoms with van der Waals surface area (Å²) >= 11 is 0. The molecule has 0 spiro atoms. The van der Waals surface area contributed by atoms with Gasteiger partial charge in [-0.15, -0.1) is 0 Å². The Morgan fingerprint density at radius 1 is 1.82 bits per heavy atom. The van der Waals surface area contributed by atoms with Crippen LogP contribution in [0.3, 0.4) is 0 Å². The van der Waals surface area contributed by atoms with Gasteiger partial charge < -0.3 is 11.1 Å². The van der Waals surface area contributed by atoms with Gasteiger partial charge in [0.1, 0.15) is 0 Å². The van der Waals surface area contributed by atoms with Crippen LogP contribution in [0.5, 0.6) is 0 Å². The van der Waals surface area contributed by atoms with Crippen molar-refractivity contribution in [1.29, 1.82) is 0 Å². The lowest BCUT2D eigenvalue weighted by molar-refractivity contribution is -0.119. The lowest BCUT2D eigenvalue weighted by Crippen LogP contribution is -2.52. The number of rotatable bonds is 1. The van der Waals surface area contributed by atoms with E-state index in [0.717, 1.165) is 5.57 Å². The van der Waals surface area contributed by atoms with Crippen LogP contribution in [0.25, 0.3) is 0 Å². The van der Waals surface area contributed by atoms with Crippen LogP contribution in [0.4, 0.5) is 0 Å². The van der Waals surface area contributed by atoms with Crippen molar-refractivity contribution in [2.24, 2.45) is 5.73 Å². The molecule has 0 aromatic heterocycles. The molecule has 1 aliphatic heterocycles. The molecule has 0 radical (unpaired) electrons. The number of nitrogens with two attached hydrogens (primary N) is 1. The molecule has 1 fully saturated rings. The molecule has 1 amide bonds. The van der Waals surface area contributed by atoms with Crippen LogP contribution in [0.2, 0.25) is 0 Å². The summed E-state index contributed by atoms with van der Waals surface area (Å²) in [4.78, 5) is 10.9. The fraction of sp³-hybridized carbons (Fsp3) is 0.625. The zero-order valence-electron chi connectivity index (χ0n) is 6.98. The highest BCUT2D eigenvalue weighted by Crippen LogP contribution is 2.26. The smallest absolute Gasteiger partial charge is 0.224 e. The first-order valence-corrected chi connectivity index (χ1v) is 3.71. The summed E-state index contributed by atoms with van der Waals surface area (Å²) in [6.45, 7) is 7.60. The Kier molecular flexibility index (Phi) is 1.76. The van der Waals surface area contributed by atoms with Gasteiger partial charge in [-0.25, -0.2) is 0 Å². The highest BCUT2D eigenvalue weighted by atomic mass is 16.2. The Bertz CT molecular complexity index is 210. The summed E-state index contributed by atoms with van der Waals surface area (Å²) in [5.74, 6) is 0.0230. The van der Waals surface area contributed by atoms with Gasteiger partial charge in [0.15, 0.2) is 0 Å². The van der Waals surface area contributed by atoms with Gasteiger partial charge in [0.25, 0.3) is 0 Å². The van der Waals surface area contributed by atoms with E-state index in [1.54, 1.807) is 0 Å². The largest absolute Gasteiger partial charge is 0.345 e. The van der Waals surface area contributed by atoms with Crippen LogP contribution in [-0.4, -0.2) is 17.5 Å². The third kappa shape index (κ3) is 1.16. The van der Waals surface area contributed by atoms with E-state index < -0.39 is 5.54 Å². The van der Waals surface area contributed by atoms with Crippen molar-refractivity contribution >= 4 is 5.91 Å². The monoisotopic (exact) mass is 154 g/mol. The summed E-state index contributed by atoms with van der Waals surface area (Å²) < 4.78 is 0. The maximum atomic E-state index is 10.9. The van der Waals surface area contributed by atoms with Gasteiger partial charge in [-0.1, -0.05) is 6.58 Å². The first kappa shape index (κ1) is 8.27. The summed E-state index contributed by atoms with van der Waals surface area (Å²) in [5.41, 5.74) is 6.20. The average molecular weight is 154 g/mol. The van der Waals surface area contributed by atoms with E-state index in [1.807, 2.05) is 13.8 Å². The van der Waals surface area contributed by atoms with Crippen LogP contribution in [0, 0.1) is 0 Å². The summed E-state index contributed by atoms with van der Waals surface area (Å²) in [5, 5.41) is 2.82. The Morgan fingerprint density at radius 2 is 2.36 bits per heavy atom. The van der Waals surface area contributed by atoms with E-state index in [-0.39, 0.29) is 11.9 Å². The molecule has 1 unspecified atom stereocenters. The number of nitrogens with one attached hydrogen (secondary N) is 1. The van der Waals surface area contributed by atoms with Gasteiger partial charge in [0.05, 0.1) is 5.54 Å². The van der Waals surface area contributed by atoms with Crippen LogP contribution in [-0.2, 0) is 4.79 Å². The molecule has 1 rings (SSSR count). The van der Waals surface area contributed by atoms with Gasteiger partial charge in [-0.3, -0.25) is 4.79 Å². The highest BCUT2D eigenvalue weighted by Gasteiger charge is 2.39. The predicted molar refractivity (Wildman–Crippen MR) is 44.0 cm³/mol. The first-order chi connectivity index (χ1) is 4.97. The Labute approximate surface area is 66.6 Å². The Balaban J connectivity index is 2.87. The van der Waals surface area contributed by atoms with Crippen molar-refractivity contribution < 1.29 is 4.79 Å². The maximum absolute atomic E-state index is 10.9. The molecule has 2 atom stereocenters. The van der Waals surface area contributed by atoms with Crippen LogP contribution in [0.1, 0.15) is 20.3 Å². The molecule has 11 heavy (non-hydrogen) atoms. The van der Waals surface area contributed by atoms with E-state index in [2.05, 4.69) is 11.9 Å². The van der Waals surface area contributed by atoms with E-state index >= 15 is 0 Å². The van der Waals surface area contributed by atoms with Crippen LogP contribution in [0.15, 0.2) is 12.2 Å². The first-order valence-electron chi connectivity index (χ1n) is 3.71. The maximum Gasteiger partial charge on any atom is 0.224 e. The lowest BCUT2D eigenvalue weighted by Gasteiger charge is -2.29. The molecule has 0 aromatic rings. The zero-order valence-corrected chi connectivity index (χ0v) is 6.98. The third-order valence-electron chi connectivity index (χ3n) is 2.42. The average Bonchev–Trinajstić information content (AvgIpc) is 2.08. The normalized spacial score (nSPS) is 33.7.